The fraction of sp³-hybridized carbons (Fsp3) is 1.00. The average Bonchev–Trinajstić information content (AvgIpc) is 1.61. The second kappa shape index (κ2) is 9.49. The third-order valence-corrected chi connectivity index (χ3v) is 0.808. The third kappa shape index (κ3) is 10.7. The standard InChI is InChI=1S/C5H13N.H4Si/c1-2-3-4-5-6;/h2-6H2,1H3;1H4. The molecule has 0 aliphatic heterocycles. The number of nitrogens with two attached hydrogens (primary N) is 1. The molecule has 1 nitrogen and oxygen atoms in total. The van der Waals surface area contributed by atoms with Crippen molar-refractivity contribution < 1.29 is 0 Å². The number of hydrogen-bond donors (Lipinski definition) is 1. The van der Waals surface area contributed by atoms with Gasteiger partial charge in [-0.2, -0.15) is 0 Å². The minimum atomic E-state index is 0. The maximum atomic E-state index is 5.21. The molecule has 0 fully saturated rings. The Morgan fingerprint density at radius 3 is 2.00 bits per heavy atom. The Bertz CT molecular complexity index is 20.0. The molecule has 2 N–H and O–H groups in total. The van der Waals surface area contributed by atoms with Gasteiger partial charge in [-0.05, 0) is 23.9 Å². The van der Waals surface area contributed by atoms with E-state index in [9.17, 15) is 0 Å². The Kier molecular flexibility index (Phi) is 13.8. The minimum Gasteiger partial charge on any atom is -0.330 e. The summed E-state index contributed by atoms with van der Waals surface area (Å²) in [5.74, 6) is 0. The molecule has 0 aliphatic carbocycles. The van der Waals surface area contributed by atoms with Crippen LogP contribution in [0.5, 0.6) is 0 Å². The van der Waals surface area contributed by atoms with Crippen molar-refractivity contribution in [3.05, 3.63) is 0 Å². The van der Waals surface area contributed by atoms with Gasteiger partial charge in [0, 0.05) is 0 Å². The monoisotopic (exact) mass is 119 g/mol. The topological polar surface area (TPSA) is 26.0 Å². The largest absolute Gasteiger partial charge is 0.330 e. The zero-order valence-corrected chi connectivity index (χ0v) is 4.41. The molecule has 0 rings (SSSR count). The van der Waals surface area contributed by atoms with E-state index in [0.29, 0.717) is 0 Å². The van der Waals surface area contributed by atoms with Crippen LogP contribution in [0.4, 0.5) is 0 Å². The summed E-state index contributed by atoms with van der Waals surface area (Å²) in [5, 5.41) is 0. The number of rotatable bonds is 3. The van der Waals surface area contributed by atoms with E-state index in [0.717, 1.165) is 6.54 Å². The van der Waals surface area contributed by atoms with Crippen molar-refractivity contribution in [2.45, 2.75) is 26.2 Å². The molecule has 0 spiro atoms. The van der Waals surface area contributed by atoms with Gasteiger partial charge >= 0.3 is 0 Å². The molecule has 46 valence electrons. The summed E-state index contributed by atoms with van der Waals surface area (Å²) in [4.78, 5) is 0. The first-order valence-corrected chi connectivity index (χ1v) is 2.62. The molecule has 0 aromatic heterocycles. The summed E-state index contributed by atoms with van der Waals surface area (Å²) < 4.78 is 0. The molecule has 0 bridgehead atoms. The van der Waals surface area contributed by atoms with Crippen molar-refractivity contribution in [3.63, 3.8) is 0 Å². The van der Waals surface area contributed by atoms with Gasteiger partial charge < -0.3 is 5.73 Å². The highest BCUT2D eigenvalue weighted by molar-refractivity contribution is 5.75. The van der Waals surface area contributed by atoms with Crippen LogP contribution < -0.4 is 5.73 Å². The predicted molar refractivity (Wildman–Crippen MR) is 39.9 cm³/mol. The van der Waals surface area contributed by atoms with Gasteiger partial charge in [0.15, 0.2) is 0 Å². The molecule has 0 atom stereocenters. The van der Waals surface area contributed by atoms with Gasteiger partial charge in [0.25, 0.3) is 0 Å². The van der Waals surface area contributed by atoms with E-state index < -0.39 is 0 Å². The van der Waals surface area contributed by atoms with Gasteiger partial charge in [-0.1, -0.05) is 19.8 Å². The quantitative estimate of drug-likeness (QED) is 0.400. The summed E-state index contributed by atoms with van der Waals surface area (Å²) in [7, 11) is 0. The molecule has 0 radical (unpaired) electrons. The fourth-order valence-electron chi connectivity index (χ4n) is 0.394. The number of hydrogen-bond acceptors (Lipinski definition) is 1. The van der Waals surface area contributed by atoms with Crippen molar-refractivity contribution in [1.82, 2.24) is 0 Å². The van der Waals surface area contributed by atoms with E-state index in [1.807, 2.05) is 0 Å². The Morgan fingerprint density at radius 2 is 1.86 bits per heavy atom. The Labute approximate surface area is 50.3 Å². The third-order valence-electron chi connectivity index (χ3n) is 0.808. The summed E-state index contributed by atoms with van der Waals surface area (Å²) in [6.45, 7) is 3.03. The van der Waals surface area contributed by atoms with Gasteiger partial charge in [0.2, 0.25) is 0 Å². The predicted octanol–water partition coefficient (Wildman–Crippen LogP) is -0.316. The van der Waals surface area contributed by atoms with E-state index in [4.69, 9.17) is 5.73 Å². The van der Waals surface area contributed by atoms with Crippen LogP contribution >= 0.6 is 0 Å². The molecule has 0 aliphatic rings. The normalized spacial score (nSPS) is 7.71. The molecular weight excluding hydrogens is 102 g/mol. The van der Waals surface area contributed by atoms with Crippen molar-refractivity contribution in [2.24, 2.45) is 5.73 Å². The van der Waals surface area contributed by atoms with Crippen molar-refractivity contribution in [2.75, 3.05) is 6.54 Å². The fourth-order valence-corrected chi connectivity index (χ4v) is 0.394. The van der Waals surface area contributed by atoms with Crippen LogP contribution in [0.1, 0.15) is 26.2 Å². The van der Waals surface area contributed by atoms with E-state index in [2.05, 4.69) is 6.92 Å². The van der Waals surface area contributed by atoms with Gasteiger partial charge in [0.1, 0.15) is 0 Å². The highest BCUT2D eigenvalue weighted by Gasteiger charge is 1.75. The minimum absolute atomic E-state index is 0. The first-order chi connectivity index (χ1) is 2.91. The lowest BCUT2D eigenvalue weighted by molar-refractivity contribution is 0.727. The summed E-state index contributed by atoms with van der Waals surface area (Å²) >= 11 is 0. The van der Waals surface area contributed by atoms with Crippen molar-refractivity contribution >= 4 is 11.0 Å². The van der Waals surface area contributed by atoms with E-state index in [1.54, 1.807) is 0 Å². The lowest BCUT2D eigenvalue weighted by Crippen LogP contribution is -1.96. The van der Waals surface area contributed by atoms with Gasteiger partial charge in [-0.25, -0.2) is 0 Å². The Balaban J connectivity index is 0. The molecule has 0 amide bonds. The lowest BCUT2D eigenvalue weighted by atomic mass is 10.3. The van der Waals surface area contributed by atoms with Crippen LogP contribution in [-0.2, 0) is 0 Å². The molecule has 2 heteroatoms. The summed E-state index contributed by atoms with van der Waals surface area (Å²) in [6, 6.07) is 0. The van der Waals surface area contributed by atoms with Crippen molar-refractivity contribution in [3.8, 4) is 0 Å². The van der Waals surface area contributed by atoms with Gasteiger partial charge in [-0.3, -0.25) is 0 Å². The molecule has 0 saturated carbocycles. The zero-order chi connectivity index (χ0) is 4.83. The average molecular weight is 119 g/mol. The van der Waals surface area contributed by atoms with Crippen molar-refractivity contribution in [1.29, 1.82) is 0 Å². The van der Waals surface area contributed by atoms with Crippen LogP contribution in [0.15, 0.2) is 0 Å². The first kappa shape index (κ1) is 10.2. The molecular formula is C5H17NSi. The SMILES string of the molecule is CCCCCN.[SiH4]. The Morgan fingerprint density at radius 1 is 1.29 bits per heavy atom. The van der Waals surface area contributed by atoms with Crippen LogP contribution in [-0.4, -0.2) is 17.5 Å². The van der Waals surface area contributed by atoms with Crippen LogP contribution in [0.3, 0.4) is 0 Å². The lowest BCUT2D eigenvalue weighted by Gasteiger charge is -1.86. The van der Waals surface area contributed by atoms with Gasteiger partial charge in [-0.15, -0.1) is 0 Å². The summed E-state index contributed by atoms with van der Waals surface area (Å²) in [6.07, 6.45) is 3.75. The van der Waals surface area contributed by atoms with E-state index >= 15 is 0 Å². The second-order valence-electron chi connectivity index (χ2n) is 1.50. The highest BCUT2D eigenvalue weighted by atomic mass is 28.1. The Hall–Kier alpha value is 0.177. The zero-order valence-electron chi connectivity index (χ0n) is 4.41. The van der Waals surface area contributed by atoms with Crippen LogP contribution in [0.25, 0.3) is 0 Å². The number of unbranched alkanes of at least 4 members (excludes halogenated alkanes) is 2. The highest BCUT2D eigenvalue weighted by Crippen LogP contribution is 1.88. The molecule has 0 aromatic rings. The maximum absolute atomic E-state index is 5.21. The first-order valence-electron chi connectivity index (χ1n) is 2.62. The van der Waals surface area contributed by atoms with E-state index in [-0.39, 0.29) is 11.0 Å². The molecule has 0 saturated heterocycles. The molecule has 0 aromatic carbocycles. The van der Waals surface area contributed by atoms with Crippen LogP contribution in [0, 0.1) is 0 Å². The molecule has 7 heavy (non-hydrogen) atoms. The van der Waals surface area contributed by atoms with Crippen LogP contribution in [0.2, 0.25) is 0 Å². The smallest absolute Gasteiger partial charge is 0.00773 e. The second-order valence-corrected chi connectivity index (χ2v) is 1.50. The molecule has 0 unspecified atom stereocenters. The van der Waals surface area contributed by atoms with Gasteiger partial charge in [0.05, 0.1) is 0 Å². The van der Waals surface area contributed by atoms with E-state index in [1.165, 1.54) is 19.3 Å². The maximum Gasteiger partial charge on any atom is -0.00773 e. The molecule has 0 heterocycles. The summed E-state index contributed by atoms with van der Waals surface area (Å²) in [5.41, 5.74) is 5.21.